The lowest BCUT2D eigenvalue weighted by molar-refractivity contribution is 0.0983. The van der Waals surface area contributed by atoms with Crippen LogP contribution in [-0.4, -0.2) is 20.5 Å². The Morgan fingerprint density at radius 1 is 1.05 bits per heavy atom. The number of Topliss-reactive ketones (excluding diaryl/α,β-unsaturated/α-hetero) is 1. The van der Waals surface area contributed by atoms with Gasteiger partial charge in [-0.25, -0.2) is 9.67 Å². The minimum absolute atomic E-state index is 0.159. The van der Waals surface area contributed by atoms with Crippen LogP contribution in [0.15, 0.2) is 67.1 Å². The topological polar surface area (TPSA) is 47.8 Å². The molecule has 0 radical (unpaired) electrons. The van der Waals surface area contributed by atoms with Crippen molar-refractivity contribution in [3.63, 3.8) is 0 Å². The summed E-state index contributed by atoms with van der Waals surface area (Å²) in [4.78, 5) is 16.4. The van der Waals surface area contributed by atoms with E-state index in [1.54, 1.807) is 17.1 Å². The van der Waals surface area contributed by atoms with Crippen molar-refractivity contribution in [1.29, 1.82) is 0 Å². The second-order valence-electron chi connectivity index (χ2n) is 4.76. The largest absolute Gasteiger partial charge is 0.294 e. The maximum absolute atomic E-state index is 12.0. The molecule has 0 saturated carbocycles. The monoisotopic (exact) mass is 277 g/mol. The van der Waals surface area contributed by atoms with Gasteiger partial charge in [0.2, 0.25) is 0 Å². The van der Waals surface area contributed by atoms with Gasteiger partial charge in [0.1, 0.15) is 0 Å². The molecule has 3 aromatic rings. The van der Waals surface area contributed by atoms with E-state index >= 15 is 0 Å². The van der Waals surface area contributed by atoms with Crippen LogP contribution in [0.1, 0.15) is 22.3 Å². The fraction of sp³-hybridized carbons (Fsp3) is 0.118. The summed E-state index contributed by atoms with van der Waals surface area (Å²) in [6.07, 6.45) is 6.55. The molecule has 0 aliphatic heterocycles. The van der Waals surface area contributed by atoms with Crippen molar-refractivity contribution >= 4 is 5.78 Å². The standard InChI is InChI=1S/C17H15N3O/c21-16(15-5-2-1-3-6-15)9-7-14-8-10-17(18-13-14)20-12-4-11-19-20/h1-6,8,10-13H,7,9H2. The fourth-order valence-corrected chi connectivity index (χ4v) is 2.13. The van der Waals surface area contributed by atoms with Crippen molar-refractivity contribution in [2.24, 2.45) is 0 Å². The fourth-order valence-electron chi connectivity index (χ4n) is 2.13. The van der Waals surface area contributed by atoms with Gasteiger partial charge in [0.05, 0.1) is 0 Å². The molecule has 0 unspecified atom stereocenters. The van der Waals surface area contributed by atoms with Gasteiger partial charge in [0, 0.05) is 30.6 Å². The average molecular weight is 277 g/mol. The molecule has 0 amide bonds. The zero-order valence-corrected chi connectivity index (χ0v) is 11.5. The molecule has 21 heavy (non-hydrogen) atoms. The van der Waals surface area contributed by atoms with E-state index in [0.29, 0.717) is 12.8 Å². The normalized spacial score (nSPS) is 10.5. The van der Waals surface area contributed by atoms with Crippen LogP contribution >= 0.6 is 0 Å². The first-order valence-corrected chi connectivity index (χ1v) is 6.86. The number of benzene rings is 1. The van der Waals surface area contributed by atoms with Gasteiger partial charge in [0.15, 0.2) is 11.6 Å². The molecule has 1 aromatic carbocycles. The van der Waals surface area contributed by atoms with Crippen molar-refractivity contribution in [1.82, 2.24) is 14.8 Å². The molecule has 0 fully saturated rings. The number of ketones is 1. The molecule has 0 N–H and O–H groups in total. The number of nitrogens with zero attached hydrogens (tertiary/aromatic N) is 3. The highest BCUT2D eigenvalue weighted by molar-refractivity contribution is 5.96. The van der Waals surface area contributed by atoms with E-state index in [2.05, 4.69) is 10.1 Å². The molecule has 4 nitrogen and oxygen atoms in total. The maximum atomic E-state index is 12.0. The first-order valence-electron chi connectivity index (χ1n) is 6.86. The molecule has 0 bridgehead atoms. The van der Waals surface area contributed by atoms with E-state index in [-0.39, 0.29) is 5.78 Å². The molecule has 2 aromatic heterocycles. The zero-order valence-electron chi connectivity index (χ0n) is 11.5. The summed E-state index contributed by atoms with van der Waals surface area (Å²) in [6, 6.07) is 15.1. The quantitative estimate of drug-likeness (QED) is 0.673. The van der Waals surface area contributed by atoms with E-state index < -0.39 is 0 Å². The van der Waals surface area contributed by atoms with E-state index in [4.69, 9.17) is 0 Å². The van der Waals surface area contributed by atoms with Gasteiger partial charge >= 0.3 is 0 Å². The third kappa shape index (κ3) is 3.23. The molecule has 0 aliphatic carbocycles. The molecule has 3 rings (SSSR count). The number of hydrogen-bond donors (Lipinski definition) is 0. The minimum atomic E-state index is 0.159. The summed E-state index contributed by atoms with van der Waals surface area (Å²) in [7, 11) is 0. The van der Waals surface area contributed by atoms with Crippen molar-refractivity contribution in [3.05, 3.63) is 78.2 Å². The van der Waals surface area contributed by atoms with Crippen LogP contribution in [-0.2, 0) is 6.42 Å². The van der Waals surface area contributed by atoms with Gasteiger partial charge in [-0.1, -0.05) is 36.4 Å². The van der Waals surface area contributed by atoms with Crippen LogP contribution in [0.3, 0.4) is 0 Å². The number of pyridine rings is 1. The van der Waals surface area contributed by atoms with Crippen LogP contribution in [0.2, 0.25) is 0 Å². The third-order valence-electron chi connectivity index (χ3n) is 3.28. The Morgan fingerprint density at radius 2 is 1.90 bits per heavy atom. The third-order valence-corrected chi connectivity index (χ3v) is 3.28. The highest BCUT2D eigenvalue weighted by Gasteiger charge is 2.06. The summed E-state index contributed by atoms with van der Waals surface area (Å²) in [5.41, 5.74) is 1.81. The molecule has 0 saturated heterocycles. The smallest absolute Gasteiger partial charge is 0.163 e. The van der Waals surface area contributed by atoms with Gasteiger partial charge < -0.3 is 0 Å². The zero-order chi connectivity index (χ0) is 14.5. The number of rotatable bonds is 5. The Balaban J connectivity index is 1.62. The predicted octanol–water partition coefficient (Wildman–Crippen LogP) is 3.08. The predicted molar refractivity (Wildman–Crippen MR) is 80.5 cm³/mol. The Bertz CT molecular complexity index is 704. The number of carbonyl (C=O) groups is 1. The Kier molecular flexibility index (Phi) is 3.87. The average Bonchev–Trinajstić information content (AvgIpc) is 3.08. The van der Waals surface area contributed by atoms with Crippen LogP contribution in [0.5, 0.6) is 0 Å². The number of aromatic nitrogens is 3. The van der Waals surface area contributed by atoms with Gasteiger partial charge in [0.25, 0.3) is 0 Å². The maximum Gasteiger partial charge on any atom is 0.163 e. The molecule has 2 heterocycles. The van der Waals surface area contributed by atoms with Crippen LogP contribution in [0, 0.1) is 0 Å². The van der Waals surface area contributed by atoms with Crippen molar-refractivity contribution in [3.8, 4) is 5.82 Å². The molecule has 0 spiro atoms. The second-order valence-corrected chi connectivity index (χ2v) is 4.76. The molecule has 0 atom stereocenters. The highest BCUT2D eigenvalue weighted by atomic mass is 16.1. The summed E-state index contributed by atoms with van der Waals surface area (Å²) >= 11 is 0. The van der Waals surface area contributed by atoms with Crippen molar-refractivity contribution in [2.75, 3.05) is 0 Å². The number of carbonyl (C=O) groups excluding carboxylic acids is 1. The van der Waals surface area contributed by atoms with Crippen molar-refractivity contribution < 1.29 is 4.79 Å². The van der Waals surface area contributed by atoms with Gasteiger partial charge in [-0.3, -0.25) is 4.79 Å². The van der Waals surface area contributed by atoms with Crippen LogP contribution in [0.25, 0.3) is 5.82 Å². The highest BCUT2D eigenvalue weighted by Crippen LogP contribution is 2.10. The lowest BCUT2D eigenvalue weighted by Gasteiger charge is -2.04. The van der Waals surface area contributed by atoms with Crippen molar-refractivity contribution in [2.45, 2.75) is 12.8 Å². The minimum Gasteiger partial charge on any atom is -0.294 e. The molecule has 0 aliphatic rings. The van der Waals surface area contributed by atoms with Gasteiger partial charge in [-0.05, 0) is 24.1 Å². The molecular weight excluding hydrogens is 262 g/mol. The molecular formula is C17H15N3O. The second kappa shape index (κ2) is 6.13. The summed E-state index contributed by atoms with van der Waals surface area (Å²) in [5.74, 6) is 0.935. The first kappa shape index (κ1) is 13.2. The van der Waals surface area contributed by atoms with Crippen LogP contribution < -0.4 is 0 Å². The van der Waals surface area contributed by atoms with E-state index in [0.717, 1.165) is 16.9 Å². The van der Waals surface area contributed by atoms with Crippen LogP contribution in [0.4, 0.5) is 0 Å². The molecule has 4 heteroatoms. The lowest BCUT2D eigenvalue weighted by atomic mass is 10.0. The Morgan fingerprint density at radius 3 is 2.57 bits per heavy atom. The van der Waals surface area contributed by atoms with E-state index in [9.17, 15) is 4.79 Å². The number of hydrogen-bond acceptors (Lipinski definition) is 3. The first-order chi connectivity index (χ1) is 10.3. The summed E-state index contributed by atoms with van der Waals surface area (Å²) < 4.78 is 1.71. The van der Waals surface area contributed by atoms with Gasteiger partial charge in [-0.2, -0.15) is 5.10 Å². The Labute approximate surface area is 123 Å². The van der Waals surface area contributed by atoms with E-state index in [1.165, 1.54) is 0 Å². The lowest BCUT2D eigenvalue weighted by Crippen LogP contribution is -2.02. The number of aryl methyl sites for hydroxylation is 1. The molecule has 104 valence electrons. The Hall–Kier alpha value is -2.75. The van der Waals surface area contributed by atoms with E-state index in [1.807, 2.05) is 54.7 Å². The SMILES string of the molecule is O=C(CCc1ccc(-n2cccn2)nc1)c1ccccc1. The van der Waals surface area contributed by atoms with Gasteiger partial charge in [-0.15, -0.1) is 0 Å². The summed E-state index contributed by atoms with van der Waals surface area (Å²) in [5, 5.41) is 4.13. The summed E-state index contributed by atoms with van der Waals surface area (Å²) in [6.45, 7) is 0.